The maximum absolute atomic E-state index is 4.99. The van der Waals surface area contributed by atoms with E-state index in [0.29, 0.717) is 5.95 Å². The Kier molecular flexibility index (Phi) is 3.69. The minimum absolute atomic E-state index is 0.0406. The Hall–Kier alpha value is -3.66. The third kappa shape index (κ3) is 2.34. The molecule has 0 radical (unpaired) electrons. The molecule has 0 saturated heterocycles. The van der Waals surface area contributed by atoms with Crippen LogP contribution in [0.25, 0.3) is 22.5 Å². The van der Waals surface area contributed by atoms with E-state index in [2.05, 4.69) is 53.7 Å². The molecule has 1 unspecified atom stereocenters. The maximum Gasteiger partial charge on any atom is 0.237 e. The lowest BCUT2D eigenvalue weighted by Crippen LogP contribution is -2.36. The Labute approximate surface area is 176 Å². The van der Waals surface area contributed by atoms with Crippen molar-refractivity contribution in [2.45, 2.75) is 26.3 Å². The topological polar surface area (TPSA) is 90.4 Å². The van der Waals surface area contributed by atoms with Crippen molar-refractivity contribution < 1.29 is 0 Å². The highest BCUT2D eigenvalue weighted by atomic mass is 32.1. The number of nitrogens with zero attached hydrogens (tertiary/aromatic N) is 9. The lowest BCUT2D eigenvalue weighted by Gasteiger charge is -2.38. The summed E-state index contributed by atoms with van der Waals surface area (Å²) in [6.45, 7) is 4.11. The second kappa shape index (κ2) is 6.42. The summed E-state index contributed by atoms with van der Waals surface area (Å²) >= 11 is 1.53. The van der Waals surface area contributed by atoms with Crippen LogP contribution in [0.4, 0.5) is 5.82 Å². The number of allylic oxidation sites excluding steroid dienone is 3. The van der Waals surface area contributed by atoms with Crippen LogP contribution >= 0.6 is 11.3 Å². The fourth-order valence-corrected chi connectivity index (χ4v) is 4.56. The minimum Gasteiger partial charge on any atom is -0.314 e. The summed E-state index contributed by atoms with van der Waals surface area (Å²) in [6.07, 6.45) is 14.3. The van der Waals surface area contributed by atoms with Gasteiger partial charge in [0.2, 0.25) is 5.95 Å². The monoisotopic (exact) mass is 415 g/mol. The molecule has 1 aliphatic heterocycles. The van der Waals surface area contributed by atoms with Crippen LogP contribution < -0.4 is 4.90 Å². The number of aromatic nitrogens is 8. The van der Waals surface area contributed by atoms with Gasteiger partial charge in [0, 0.05) is 29.7 Å². The number of aryl methyl sites for hydroxylation is 1. The van der Waals surface area contributed by atoms with Crippen molar-refractivity contribution in [2.75, 3.05) is 4.90 Å². The largest absolute Gasteiger partial charge is 0.314 e. The van der Waals surface area contributed by atoms with Crippen molar-refractivity contribution in [2.24, 2.45) is 0 Å². The van der Waals surface area contributed by atoms with E-state index >= 15 is 0 Å². The zero-order chi connectivity index (χ0) is 20.2. The van der Waals surface area contributed by atoms with Crippen molar-refractivity contribution in [3.05, 3.63) is 65.7 Å². The first kappa shape index (κ1) is 17.2. The van der Waals surface area contributed by atoms with Crippen LogP contribution in [0.15, 0.2) is 54.1 Å². The normalized spacial score (nSPS) is 16.8. The molecule has 148 valence electrons. The van der Waals surface area contributed by atoms with Crippen molar-refractivity contribution in [1.82, 2.24) is 39.3 Å². The Morgan fingerprint density at radius 3 is 2.77 bits per heavy atom. The summed E-state index contributed by atoms with van der Waals surface area (Å²) in [5.41, 5.74) is 1.98. The Balaban J connectivity index is 1.56. The first-order valence-corrected chi connectivity index (χ1v) is 10.5. The van der Waals surface area contributed by atoms with E-state index < -0.39 is 0 Å². The van der Waals surface area contributed by atoms with Gasteiger partial charge in [0.1, 0.15) is 11.5 Å². The lowest BCUT2D eigenvalue weighted by atomic mass is 10.0. The number of fused-ring (bicyclic) bond motifs is 3. The molecule has 1 atom stereocenters. The summed E-state index contributed by atoms with van der Waals surface area (Å²) in [5, 5.41) is 11.5. The highest BCUT2D eigenvalue weighted by Gasteiger charge is 2.37. The third-order valence-corrected chi connectivity index (χ3v) is 6.11. The molecule has 0 N–H and O–H groups in total. The van der Waals surface area contributed by atoms with Crippen LogP contribution in [0, 0.1) is 6.92 Å². The van der Waals surface area contributed by atoms with E-state index in [1.54, 1.807) is 12.4 Å². The molecule has 0 saturated carbocycles. The number of anilines is 1. The average Bonchev–Trinajstić information content (AvgIpc) is 3.47. The lowest BCUT2D eigenvalue weighted by molar-refractivity contribution is 0.572. The predicted molar refractivity (Wildman–Crippen MR) is 113 cm³/mol. The zero-order valence-corrected chi connectivity index (χ0v) is 17.2. The molecule has 5 heterocycles. The molecular formula is C20H17N9S. The number of hydrogen-bond acceptors (Lipinski definition) is 8. The number of thiazole rings is 1. The molecule has 0 bridgehead atoms. The van der Waals surface area contributed by atoms with Gasteiger partial charge in [0.15, 0.2) is 22.5 Å². The summed E-state index contributed by atoms with van der Waals surface area (Å²) in [4.78, 5) is 20.7. The van der Waals surface area contributed by atoms with Crippen LogP contribution in [-0.4, -0.2) is 39.3 Å². The Morgan fingerprint density at radius 2 is 2.03 bits per heavy atom. The quantitative estimate of drug-likeness (QED) is 0.504. The van der Waals surface area contributed by atoms with Crippen LogP contribution in [0.5, 0.6) is 0 Å². The highest BCUT2D eigenvalue weighted by Crippen LogP contribution is 2.42. The fourth-order valence-electron chi connectivity index (χ4n) is 3.93. The first-order valence-electron chi connectivity index (χ1n) is 9.66. The van der Waals surface area contributed by atoms with E-state index in [4.69, 9.17) is 4.98 Å². The van der Waals surface area contributed by atoms with Crippen molar-refractivity contribution in [1.29, 1.82) is 0 Å². The fraction of sp³-hybridized carbons (Fsp3) is 0.200. The average molecular weight is 415 g/mol. The van der Waals surface area contributed by atoms with Crippen LogP contribution in [0.1, 0.15) is 31.0 Å². The van der Waals surface area contributed by atoms with Gasteiger partial charge in [0.05, 0.1) is 12.2 Å². The molecule has 1 aliphatic carbocycles. The highest BCUT2D eigenvalue weighted by molar-refractivity contribution is 7.13. The van der Waals surface area contributed by atoms with Crippen LogP contribution in [-0.2, 0) is 0 Å². The predicted octanol–water partition coefficient (Wildman–Crippen LogP) is 3.40. The Morgan fingerprint density at radius 1 is 1.13 bits per heavy atom. The molecule has 2 aliphatic rings. The number of imidazole rings is 1. The van der Waals surface area contributed by atoms with E-state index in [1.165, 1.54) is 11.3 Å². The van der Waals surface area contributed by atoms with Gasteiger partial charge in [0.25, 0.3) is 0 Å². The smallest absolute Gasteiger partial charge is 0.237 e. The zero-order valence-electron chi connectivity index (χ0n) is 16.3. The van der Waals surface area contributed by atoms with Gasteiger partial charge in [-0.1, -0.05) is 13.0 Å². The summed E-state index contributed by atoms with van der Waals surface area (Å²) in [7, 11) is 0. The third-order valence-electron chi connectivity index (χ3n) is 5.34. The Bertz CT molecular complexity index is 1310. The molecule has 0 fully saturated rings. The summed E-state index contributed by atoms with van der Waals surface area (Å²) in [6, 6.07) is 0.0406. The first-order chi connectivity index (χ1) is 14.8. The van der Waals surface area contributed by atoms with Gasteiger partial charge < -0.3 is 4.90 Å². The van der Waals surface area contributed by atoms with Crippen molar-refractivity contribution in [3.63, 3.8) is 0 Å². The van der Waals surface area contributed by atoms with E-state index in [1.807, 2.05) is 35.3 Å². The van der Waals surface area contributed by atoms with Gasteiger partial charge in [-0.3, -0.25) is 9.13 Å². The molecule has 6 rings (SSSR count). The number of rotatable bonds is 4. The van der Waals surface area contributed by atoms with E-state index in [-0.39, 0.29) is 6.04 Å². The molecule has 0 aromatic carbocycles. The molecule has 9 nitrogen and oxygen atoms in total. The van der Waals surface area contributed by atoms with Gasteiger partial charge in [-0.25, -0.2) is 15.0 Å². The van der Waals surface area contributed by atoms with E-state index in [9.17, 15) is 0 Å². The summed E-state index contributed by atoms with van der Waals surface area (Å²) < 4.78 is 3.93. The molecule has 0 amide bonds. The minimum atomic E-state index is 0.0406. The SMILES string of the molecule is CCC1c2nnc(C)n2-c2cnc(-n3ccnc3-c3nccs3)nc2N1C1=CC=C1. The van der Waals surface area contributed by atoms with Gasteiger partial charge in [-0.2, -0.15) is 4.98 Å². The summed E-state index contributed by atoms with van der Waals surface area (Å²) in [5.74, 6) is 3.84. The standard InChI is InChI=1S/C20H17N9S/c1-3-14-17-26-25-12(2)28(17)15-11-23-20(24-16(15)29(14)13-5-4-6-13)27-9-7-21-18(27)19-22-8-10-30-19/h4-11,14H,3H2,1-2H3. The van der Waals surface area contributed by atoms with Gasteiger partial charge in [-0.05, 0) is 25.5 Å². The number of hydrogen-bond donors (Lipinski definition) is 0. The van der Waals surface area contributed by atoms with Gasteiger partial charge in [-0.15, -0.1) is 21.5 Å². The molecule has 10 heteroatoms. The second-order valence-electron chi connectivity index (χ2n) is 7.02. The maximum atomic E-state index is 4.99. The van der Waals surface area contributed by atoms with Crippen LogP contribution in [0.2, 0.25) is 0 Å². The molecule has 4 aromatic rings. The molecule has 30 heavy (non-hydrogen) atoms. The van der Waals surface area contributed by atoms with Crippen LogP contribution in [0.3, 0.4) is 0 Å². The molecule has 4 aromatic heterocycles. The van der Waals surface area contributed by atoms with Crippen molar-refractivity contribution >= 4 is 17.2 Å². The molecule has 0 spiro atoms. The second-order valence-corrected chi connectivity index (χ2v) is 7.92. The van der Waals surface area contributed by atoms with E-state index in [0.717, 1.165) is 46.1 Å². The van der Waals surface area contributed by atoms with Gasteiger partial charge >= 0.3 is 0 Å². The van der Waals surface area contributed by atoms with Crippen molar-refractivity contribution in [3.8, 4) is 22.5 Å². The molecular weight excluding hydrogens is 398 g/mol.